The van der Waals surface area contributed by atoms with E-state index in [1.807, 2.05) is 0 Å². The number of nitrogens with two attached hydrogens (primary N) is 1. The lowest BCUT2D eigenvalue weighted by atomic mass is 9.80. The van der Waals surface area contributed by atoms with Crippen molar-refractivity contribution >= 4 is 11.8 Å². The van der Waals surface area contributed by atoms with Gasteiger partial charge in [0.05, 0.1) is 0 Å². The molecule has 15 heavy (non-hydrogen) atoms. The molecule has 2 heteroatoms. The number of thioether (sulfide) groups is 1. The number of rotatable bonds is 4. The monoisotopic (exact) mass is 221 g/mol. The van der Waals surface area contributed by atoms with E-state index in [2.05, 4.69) is 30.5 Å². The Hall–Kier alpha value is -0.470. The third-order valence-electron chi connectivity index (χ3n) is 3.35. The molecule has 0 bridgehead atoms. The fourth-order valence-corrected chi connectivity index (χ4v) is 2.86. The molecule has 1 aromatic rings. The van der Waals surface area contributed by atoms with Crippen molar-refractivity contribution in [2.45, 2.75) is 36.6 Å². The highest BCUT2D eigenvalue weighted by molar-refractivity contribution is 7.98. The second-order valence-corrected chi connectivity index (χ2v) is 5.23. The molecule has 1 unspecified atom stereocenters. The average Bonchev–Trinajstić information content (AvgIpc) is 2.23. The third-order valence-corrected chi connectivity index (χ3v) is 4.16. The van der Waals surface area contributed by atoms with Crippen molar-refractivity contribution in [2.24, 2.45) is 11.7 Å². The zero-order valence-corrected chi connectivity index (χ0v) is 10.1. The van der Waals surface area contributed by atoms with Crippen molar-refractivity contribution in [1.29, 1.82) is 0 Å². The molecular formula is C13H19NS. The van der Waals surface area contributed by atoms with Crippen molar-refractivity contribution < 1.29 is 0 Å². The molecule has 1 aromatic carbocycles. The van der Waals surface area contributed by atoms with Crippen molar-refractivity contribution in [3.63, 3.8) is 0 Å². The number of hydrogen-bond acceptors (Lipinski definition) is 2. The summed E-state index contributed by atoms with van der Waals surface area (Å²) in [6, 6.07) is 8.76. The molecule has 0 aliphatic heterocycles. The lowest BCUT2D eigenvalue weighted by Crippen LogP contribution is -2.20. The highest BCUT2D eigenvalue weighted by atomic mass is 32.2. The maximum absolute atomic E-state index is 6.27. The van der Waals surface area contributed by atoms with Gasteiger partial charge in [0.1, 0.15) is 0 Å². The van der Waals surface area contributed by atoms with Crippen LogP contribution in [0.1, 0.15) is 37.3 Å². The van der Waals surface area contributed by atoms with Gasteiger partial charge in [0.25, 0.3) is 0 Å². The lowest BCUT2D eigenvalue weighted by Gasteiger charge is -2.28. The van der Waals surface area contributed by atoms with Gasteiger partial charge in [-0.25, -0.2) is 0 Å². The molecule has 0 amide bonds. The van der Waals surface area contributed by atoms with Crippen LogP contribution in [0.4, 0.5) is 0 Å². The van der Waals surface area contributed by atoms with Crippen molar-refractivity contribution in [3.05, 3.63) is 29.8 Å². The summed E-state index contributed by atoms with van der Waals surface area (Å²) in [5, 5.41) is 0. The second kappa shape index (κ2) is 5.04. The van der Waals surface area contributed by atoms with Crippen molar-refractivity contribution in [1.82, 2.24) is 0 Å². The zero-order chi connectivity index (χ0) is 10.7. The molecule has 1 saturated carbocycles. The SMILES string of the molecule is CSc1ccccc1C(N)CC1CCC1. The Balaban J connectivity index is 2.05. The first kappa shape index (κ1) is 11.0. The first-order valence-electron chi connectivity index (χ1n) is 5.69. The van der Waals surface area contributed by atoms with Crippen LogP contribution in [0.3, 0.4) is 0 Å². The van der Waals surface area contributed by atoms with Gasteiger partial charge in [0, 0.05) is 10.9 Å². The average molecular weight is 221 g/mol. The number of benzene rings is 1. The van der Waals surface area contributed by atoms with Crippen LogP contribution in [0, 0.1) is 5.92 Å². The van der Waals surface area contributed by atoms with Gasteiger partial charge in [-0.05, 0) is 30.2 Å². The standard InChI is InChI=1S/C13H19NS/c1-15-13-8-3-2-7-11(13)12(14)9-10-5-4-6-10/h2-3,7-8,10,12H,4-6,9,14H2,1H3. The van der Waals surface area contributed by atoms with Gasteiger partial charge >= 0.3 is 0 Å². The summed E-state index contributed by atoms with van der Waals surface area (Å²) in [6.45, 7) is 0. The quantitative estimate of drug-likeness (QED) is 0.786. The van der Waals surface area contributed by atoms with Crippen LogP contribution >= 0.6 is 11.8 Å². The summed E-state index contributed by atoms with van der Waals surface area (Å²) >= 11 is 1.80. The molecule has 1 nitrogen and oxygen atoms in total. The van der Waals surface area contributed by atoms with Gasteiger partial charge < -0.3 is 5.73 Å². The van der Waals surface area contributed by atoms with Gasteiger partial charge in [-0.1, -0.05) is 37.5 Å². The van der Waals surface area contributed by atoms with Crippen LogP contribution in [-0.2, 0) is 0 Å². The van der Waals surface area contributed by atoms with E-state index in [0.717, 1.165) is 12.3 Å². The summed E-state index contributed by atoms with van der Waals surface area (Å²) in [6.07, 6.45) is 7.46. The Labute approximate surface area is 96.4 Å². The first-order chi connectivity index (χ1) is 7.31. The molecule has 1 aliphatic carbocycles. The van der Waals surface area contributed by atoms with Crippen molar-refractivity contribution in [2.75, 3.05) is 6.26 Å². The van der Waals surface area contributed by atoms with E-state index in [-0.39, 0.29) is 6.04 Å². The van der Waals surface area contributed by atoms with E-state index >= 15 is 0 Å². The van der Waals surface area contributed by atoms with E-state index in [9.17, 15) is 0 Å². The van der Waals surface area contributed by atoms with Crippen LogP contribution in [0.15, 0.2) is 29.2 Å². The largest absolute Gasteiger partial charge is 0.324 e. The summed E-state index contributed by atoms with van der Waals surface area (Å²) in [4.78, 5) is 1.34. The third kappa shape index (κ3) is 2.56. The zero-order valence-electron chi connectivity index (χ0n) is 9.28. The highest BCUT2D eigenvalue weighted by Gasteiger charge is 2.21. The van der Waals surface area contributed by atoms with Gasteiger partial charge in [0.15, 0.2) is 0 Å². The smallest absolute Gasteiger partial charge is 0.0308 e. The van der Waals surface area contributed by atoms with Crippen LogP contribution in [0.5, 0.6) is 0 Å². The molecule has 0 radical (unpaired) electrons. The molecular weight excluding hydrogens is 202 g/mol. The molecule has 0 saturated heterocycles. The second-order valence-electron chi connectivity index (χ2n) is 4.38. The van der Waals surface area contributed by atoms with E-state index in [1.165, 1.54) is 29.7 Å². The summed E-state index contributed by atoms with van der Waals surface area (Å²) in [7, 11) is 0. The molecule has 1 atom stereocenters. The first-order valence-corrected chi connectivity index (χ1v) is 6.92. The molecule has 1 fully saturated rings. The molecule has 1 aliphatic rings. The van der Waals surface area contributed by atoms with Crippen LogP contribution in [0.2, 0.25) is 0 Å². The van der Waals surface area contributed by atoms with E-state index in [1.54, 1.807) is 11.8 Å². The molecule has 2 rings (SSSR count). The number of hydrogen-bond donors (Lipinski definition) is 1. The van der Waals surface area contributed by atoms with Crippen LogP contribution < -0.4 is 5.73 Å². The minimum Gasteiger partial charge on any atom is -0.324 e. The molecule has 0 heterocycles. The fourth-order valence-electron chi connectivity index (χ4n) is 2.19. The van der Waals surface area contributed by atoms with E-state index in [4.69, 9.17) is 5.73 Å². The molecule has 2 N–H and O–H groups in total. The molecule has 0 aromatic heterocycles. The maximum atomic E-state index is 6.27. The Morgan fingerprint density at radius 2 is 2.13 bits per heavy atom. The topological polar surface area (TPSA) is 26.0 Å². The summed E-state index contributed by atoms with van der Waals surface area (Å²) < 4.78 is 0. The van der Waals surface area contributed by atoms with Crippen molar-refractivity contribution in [3.8, 4) is 0 Å². The Bertz CT molecular complexity index is 320. The molecule has 82 valence electrons. The molecule has 0 spiro atoms. The van der Waals surface area contributed by atoms with Gasteiger partial charge in [0.2, 0.25) is 0 Å². The fraction of sp³-hybridized carbons (Fsp3) is 0.538. The van der Waals surface area contributed by atoms with E-state index < -0.39 is 0 Å². The maximum Gasteiger partial charge on any atom is 0.0308 e. The predicted molar refractivity (Wildman–Crippen MR) is 67.1 cm³/mol. The minimum absolute atomic E-state index is 0.235. The van der Waals surface area contributed by atoms with Gasteiger partial charge in [-0.3, -0.25) is 0 Å². The van der Waals surface area contributed by atoms with E-state index in [0.29, 0.717) is 0 Å². The Kier molecular flexibility index (Phi) is 3.71. The van der Waals surface area contributed by atoms with Crippen LogP contribution in [-0.4, -0.2) is 6.26 Å². The van der Waals surface area contributed by atoms with Gasteiger partial charge in [-0.15, -0.1) is 11.8 Å². The summed E-state index contributed by atoms with van der Waals surface area (Å²) in [5.41, 5.74) is 7.60. The minimum atomic E-state index is 0.235. The van der Waals surface area contributed by atoms with Gasteiger partial charge in [-0.2, -0.15) is 0 Å². The predicted octanol–water partition coefficient (Wildman–Crippen LogP) is 3.60. The van der Waals surface area contributed by atoms with Crippen LogP contribution in [0.25, 0.3) is 0 Å². The highest BCUT2D eigenvalue weighted by Crippen LogP contribution is 2.35. The Morgan fingerprint density at radius 1 is 1.40 bits per heavy atom. The summed E-state index contributed by atoms with van der Waals surface area (Å²) in [5.74, 6) is 0.884. The normalized spacial score (nSPS) is 18.5. The Morgan fingerprint density at radius 3 is 2.73 bits per heavy atom. The lowest BCUT2D eigenvalue weighted by molar-refractivity contribution is 0.276.